The fourth-order valence-corrected chi connectivity index (χ4v) is 3.90. The SMILES string of the molecule is Cc1cc(CNC(=O)c2cc(C(=O)NC[C@H]3CC[C@H](N)CC3)n3ncnc3n2)ccc1F. The molecule has 0 radical (unpaired) electrons. The van der Waals surface area contributed by atoms with Crippen LogP contribution in [0.5, 0.6) is 0 Å². The Bertz CT molecular complexity index is 1140. The van der Waals surface area contributed by atoms with Gasteiger partial charge in [0.25, 0.3) is 17.6 Å². The van der Waals surface area contributed by atoms with Crippen molar-refractivity contribution in [3.63, 3.8) is 0 Å². The summed E-state index contributed by atoms with van der Waals surface area (Å²) in [5.41, 5.74) is 7.44. The first-order chi connectivity index (χ1) is 15.4. The lowest BCUT2D eigenvalue weighted by atomic mass is 9.86. The Morgan fingerprint density at radius 2 is 1.94 bits per heavy atom. The van der Waals surface area contributed by atoms with E-state index in [0.717, 1.165) is 31.2 Å². The fraction of sp³-hybridized carbons (Fsp3) is 0.409. The summed E-state index contributed by atoms with van der Waals surface area (Å²) in [4.78, 5) is 33.8. The minimum Gasteiger partial charge on any atom is -0.350 e. The summed E-state index contributed by atoms with van der Waals surface area (Å²) in [6, 6.07) is 6.28. The van der Waals surface area contributed by atoms with Crippen molar-refractivity contribution in [1.29, 1.82) is 0 Å². The molecule has 3 aromatic rings. The van der Waals surface area contributed by atoms with Gasteiger partial charge in [0.15, 0.2) is 0 Å². The highest BCUT2D eigenvalue weighted by molar-refractivity contribution is 5.98. The van der Waals surface area contributed by atoms with Crippen molar-refractivity contribution in [2.45, 2.75) is 45.2 Å². The van der Waals surface area contributed by atoms with Gasteiger partial charge in [-0.3, -0.25) is 9.59 Å². The molecule has 168 valence electrons. The van der Waals surface area contributed by atoms with Gasteiger partial charge in [0.1, 0.15) is 23.5 Å². The van der Waals surface area contributed by atoms with E-state index >= 15 is 0 Å². The lowest BCUT2D eigenvalue weighted by Gasteiger charge is -2.26. The van der Waals surface area contributed by atoms with E-state index in [4.69, 9.17) is 5.73 Å². The topological polar surface area (TPSA) is 127 Å². The van der Waals surface area contributed by atoms with Crippen LogP contribution in [0, 0.1) is 18.7 Å². The van der Waals surface area contributed by atoms with Crippen molar-refractivity contribution in [2.75, 3.05) is 6.54 Å². The third-order valence-corrected chi connectivity index (χ3v) is 5.84. The Kier molecular flexibility index (Phi) is 6.40. The van der Waals surface area contributed by atoms with Gasteiger partial charge in [0.05, 0.1) is 0 Å². The number of hydrogen-bond acceptors (Lipinski definition) is 6. The molecule has 9 nitrogen and oxygen atoms in total. The van der Waals surface area contributed by atoms with Crippen molar-refractivity contribution in [2.24, 2.45) is 11.7 Å². The van der Waals surface area contributed by atoms with Gasteiger partial charge in [-0.05, 0) is 55.7 Å². The van der Waals surface area contributed by atoms with Crippen molar-refractivity contribution in [3.05, 3.63) is 58.9 Å². The number of benzene rings is 1. The Hall–Kier alpha value is -3.40. The zero-order valence-electron chi connectivity index (χ0n) is 17.8. The quantitative estimate of drug-likeness (QED) is 0.537. The summed E-state index contributed by atoms with van der Waals surface area (Å²) < 4.78 is 14.8. The maximum absolute atomic E-state index is 13.4. The Morgan fingerprint density at radius 1 is 1.16 bits per heavy atom. The lowest BCUT2D eigenvalue weighted by Crippen LogP contribution is -2.35. The molecule has 0 atom stereocenters. The van der Waals surface area contributed by atoms with E-state index in [2.05, 4.69) is 25.7 Å². The van der Waals surface area contributed by atoms with E-state index in [0.29, 0.717) is 18.0 Å². The minimum absolute atomic E-state index is 0.0538. The number of nitrogens with zero attached hydrogens (tertiary/aromatic N) is 4. The van der Waals surface area contributed by atoms with Crippen LogP contribution in [0.4, 0.5) is 4.39 Å². The molecular formula is C22H26FN7O2. The first-order valence-corrected chi connectivity index (χ1v) is 10.7. The molecular weight excluding hydrogens is 413 g/mol. The van der Waals surface area contributed by atoms with Crippen molar-refractivity contribution in [3.8, 4) is 0 Å². The van der Waals surface area contributed by atoms with Crippen LogP contribution in [-0.2, 0) is 6.54 Å². The van der Waals surface area contributed by atoms with Crippen LogP contribution in [0.15, 0.2) is 30.6 Å². The Balaban J connectivity index is 1.46. The second kappa shape index (κ2) is 9.39. The van der Waals surface area contributed by atoms with Crippen molar-refractivity contribution in [1.82, 2.24) is 30.2 Å². The molecule has 32 heavy (non-hydrogen) atoms. The molecule has 2 amide bonds. The highest BCUT2D eigenvalue weighted by atomic mass is 19.1. The lowest BCUT2D eigenvalue weighted by molar-refractivity contribution is 0.0935. The van der Waals surface area contributed by atoms with Crippen LogP contribution in [-0.4, -0.2) is 44.0 Å². The van der Waals surface area contributed by atoms with Gasteiger partial charge in [0.2, 0.25) is 0 Å². The summed E-state index contributed by atoms with van der Waals surface area (Å²) in [7, 11) is 0. The largest absolute Gasteiger partial charge is 0.350 e. The van der Waals surface area contributed by atoms with Gasteiger partial charge in [-0.25, -0.2) is 9.37 Å². The highest BCUT2D eigenvalue weighted by Crippen LogP contribution is 2.22. The number of halogens is 1. The number of nitrogens with one attached hydrogen (secondary N) is 2. The van der Waals surface area contributed by atoms with Gasteiger partial charge in [-0.2, -0.15) is 14.6 Å². The van der Waals surface area contributed by atoms with Crippen molar-refractivity contribution < 1.29 is 14.0 Å². The molecule has 2 aromatic heterocycles. The number of amides is 2. The molecule has 1 aliphatic carbocycles. The molecule has 0 bridgehead atoms. The third kappa shape index (κ3) is 4.91. The van der Waals surface area contributed by atoms with Gasteiger partial charge in [0, 0.05) is 25.2 Å². The fourth-order valence-electron chi connectivity index (χ4n) is 3.90. The number of carbonyl (C=O) groups excluding carboxylic acids is 2. The summed E-state index contributed by atoms with van der Waals surface area (Å²) in [6.07, 6.45) is 5.16. The number of hydrogen-bond donors (Lipinski definition) is 3. The second-order valence-electron chi connectivity index (χ2n) is 8.26. The minimum atomic E-state index is -0.465. The molecule has 1 saturated carbocycles. The molecule has 1 aromatic carbocycles. The number of carbonyl (C=O) groups is 2. The number of rotatable bonds is 6. The summed E-state index contributed by atoms with van der Waals surface area (Å²) in [6.45, 7) is 2.40. The van der Waals surface area contributed by atoms with E-state index in [9.17, 15) is 14.0 Å². The molecule has 1 fully saturated rings. The maximum Gasteiger partial charge on any atom is 0.270 e. The summed E-state index contributed by atoms with van der Waals surface area (Å²) in [5, 5.41) is 9.74. The van der Waals surface area contributed by atoms with Crippen LogP contribution in [0.2, 0.25) is 0 Å². The number of aromatic nitrogens is 4. The van der Waals surface area contributed by atoms with Crippen molar-refractivity contribution >= 4 is 17.6 Å². The molecule has 0 spiro atoms. The normalized spacial score (nSPS) is 18.5. The number of fused-ring (bicyclic) bond motifs is 1. The van der Waals surface area contributed by atoms with Crippen LogP contribution in [0.1, 0.15) is 57.8 Å². The molecule has 1 aliphatic rings. The average Bonchev–Trinajstić information content (AvgIpc) is 3.27. The maximum atomic E-state index is 13.4. The van der Waals surface area contributed by atoms with Gasteiger partial charge < -0.3 is 16.4 Å². The number of aryl methyl sites for hydroxylation is 1. The molecule has 0 unspecified atom stereocenters. The predicted octanol–water partition coefficient (Wildman–Crippen LogP) is 1.75. The smallest absolute Gasteiger partial charge is 0.270 e. The van der Waals surface area contributed by atoms with Gasteiger partial charge >= 0.3 is 0 Å². The molecule has 2 heterocycles. The monoisotopic (exact) mass is 439 g/mol. The highest BCUT2D eigenvalue weighted by Gasteiger charge is 2.22. The van der Waals surface area contributed by atoms with E-state index in [-0.39, 0.29) is 41.5 Å². The summed E-state index contributed by atoms with van der Waals surface area (Å²) >= 11 is 0. The Labute approximate surface area is 184 Å². The number of nitrogens with two attached hydrogens (primary N) is 1. The van der Waals surface area contributed by atoms with Crippen LogP contribution in [0.3, 0.4) is 0 Å². The molecule has 4 rings (SSSR count). The summed E-state index contributed by atoms with van der Waals surface area (Å²) in [5.74, 6) is -0.572. The zero-order chi connectivity index (χ0) is 22.7. The van der Waals surface area contributed by atoms with E-state index in [1.165, 1.54) is 23.0 Å². The van der Waals surface area contributed by atoms with E-state index in [1.54, 1.807) is 19.1 Å². The molecule has 0 aliphatic heterocycles. The first-order valence-electron chi connectivity index (χ1n) is 10.7. The van der Waals surface area contributed by atoms with Gasteiger partial charge in [-0.15, -0.1) is 0 Å². The Morgan fingerprint density at radius 3 is 2.69 bits per heavy atom. The second-order valence-corrected chi connectivity index (χ2v) is 8.26. The molecule has 0 saturated heterocycles. The van der Waals surface area contributed by atoms with E-state index < -0.39 is 5.91 Å². The van der Waals surface area contributed by atoms with E-state index in [1.807, 2.05) is 0 Å². The van der Waals surface area contributed by atoms with Crippen LogP contribution in [0.25, 0.3) is 5.78 Å². The van der Waals surface area contributed by atoms with Crippen LogP contribution < -0.4 is 16.4 Å². The zero-order valence-corrected chi connectivity index (χ0v) is 17.8. The molecule has 10 heteroatoms. The van der Waals surface area contributed by atoms with Crippen LogP contribution >= 0.6 is 0 Å². The first kappa shape index (κ1) is 21.8. The van der Waals surface area contributed by atoms with Gasteiger partial charge in [-0.1, -0.05) is 12.1 Å². The third-order valence-electron chi connectivity index (χ3n) is 5.84. The average molecular weight is 439 g/mol. The molecule has 4 N–H and O–H groups in total. The standard InChI is InChI=1S/C22H26FN7O2/c1-13-8-15(4-7-17(13)23)11-25-20(31)18-9-19(30-22(29-18)27-12-28-30)21(32)26-10-14-2-5-16(24)6-3-14/h4,7-9,12,14,16H,2-3,5-6,10-11,24H2,1H3,(H,25,31)(H,26,32)/t14-,16-. The predicted molar refractivity (Wildman–Crippen MR) is 115 cm³/mol.